The van der Waals surface area contributed by atoms with Gasteiger partial charge in [0, 0.05) is 30.8 Å². The van der Waals surface area contributed by atoms with E-state index < -0.39 is 5.97 Å². The summed E-state index contributed by atoms with van der Waals surface area (Å²) in [5, 5.41) is 11.8. The van der Waals surface area contributed by atoms with Gasteiger partial charge < -0.3 is 15.3 Å². The van der Waals surface area contributed by atoms with Gasteiger partial charge in [0.2, 0.25) is 0 Å². The summed E-state index contributed by atoms with van der Waals surface area (Å²) in [6, 6.07) is -0.0294. The summed E-state index contributed by atoms with van der Waals surface area (Å²) >= 11 is 1.86. The zero-order valence-electron chi connectivity index (χ0n) is 12.1. The minimum atomic E-state index is -0.774. The molecule has 1 saturated heterocycles. The van der Waals surface area contributed by atoms with Crippen molar-refractivity contribution in [3.05, 3.63) is 0 Å². The highest BCUT2D eigenvalue weighted by Gasteiger charge is 2.34. The molecule has 0 aromatic carbocycles. The van der Waals surface area contributed by atoms with Crippen LogP contribution in [0.2, 0.25) is 0 Å². The van der Waals surface area contributed by atoms with Gasteiger partial charge in [-0.15, -0.1) is 0 Å². The predicted octanol–water partition coefficient (Wildman–Crippen LogP) is 2.17. The van der Waals surface area contributed by atoms with Crippen molar-refractivity contribution < 1.29 is 14.7 Å². The Morgan fingerprint density at radius 3 is 2.70 bits per heavy atom. The minimum absolute atomic E-state index is 0.0294. The van der Waals surface area contributed by atoms with Crippen LogP contribution in [0.25, 0.3) is 0 Å². The molecule has 1 heterocycles. The average molecular weight is 300 g/mol. The number of hydrogen-bond donors (Lipinski definition) is 2. The second-order valence-electron chi connectivity index (χ2n) is 5.95. The molecule has 1 saturated carbocycles. The summed E-state index contributed by atoms with van der Waals surface area (Å²) in [6.07, 6.45) is 7.94. The van der Waals surface area contributed by atoms with E-state index in [0.717, 1.165) is 13.0 Å². The van der Waals surface area contributed by atoms with Gasteiger partial charge in [-0.2, -0.15) is 11.8 Å². The lowest BCUT2D eigenvalue weighted by molar-refractivity contribution is -0.138. The maximum absolute atomic E-state index is 12.1. The molecule has 1 aliphatic heterocycles. The van der Waals surface area contributed by atoms with Crippen LogP contribution in [0.1, 0.15) is 38.5 Å². The largest absolute Gasteiger partial charge is 0.481 e. The zero-order valence-corrected chi connectivity index (χ0v) is 12.9. The number of hydrogen-bond acceptors (Lipinski definition) is 3. The summed E-state index contributed by atoms with van der Waals surface area (Å²) in [7, 11) is 0. The van der Waals surface area contributed by atoms with Crippen LogP contribution in [0.15, 0.2) is 0 Å². The number of thioether (sulfide) groups is 1. The summed E-state index contributed by atoms with van der Waals surface area (Å²) in [5.41, 5.74) is 0. The second kappa shape index (κ2) is 6.70. The van der Waals surface area contributed by atoms with Gasteiger partial charge in [-0.05, 0) is 31.4 Å². The van der Waals surface area contributed by atoms with Crippen LogP contribution in [-0.4, -0.2) is 52.6 Å². The van der Waals surface area contributed by atoms with Crippen LogP contribution in [0.3, 0.4) is 0 Å². The minimum Gasteiger partial charge on any atom is -0.481 e. The van der Waals surface area contributed by atoms with Crippen molar-refractivity contribution in [2.24, 2.45) is 5.92 Å². The van der Waals surface area contributed by atoms with E-state index in [9.17, 15) is 9.59 Å². The van der Waals surface area contributed by atoms with E-state index in [0.29, 0.717) is 13.1 Å². The molecule has 114 valence electrons. The number of nitrogens with one attached hydrogen (secondary N) is 1. The Bertz CT molecular complexity index is 369. The normalized spacial score (nSPS) is 24.9. The molecule has 2 fully saturated rings. The number of rotatable bonds is 5. The van der Waals surface area contributed by atoms with Crippen molar-refractivity contribution in [3.8, 4) is 0 Å². The molecular formula is C14H24N2O3S. The van der Waals surface area contributed by atoms with Crippen molar-refractivity contribution in [1.82, 2.24) is 10.2 Å². The molecule has 2 aliphatic rings. The van der Waals surface area contributed by atoms with Crippen LogP contribution in [-0.2, 0) is 4.79 Å². The lowest BCUT2D eigenvalue weighted by atomic mass is 10.1. The van der Waals surface area contributed by atoms with Crippen LogP contribution < -0.4 is 5.32 Å². The number of urea groups is 1. The van der Waals surface area contributed by atoms with Gasteiger partial charge in [-0.1, -0.05) is 12.8 Å². The van der Waals surface area contributed by atoms with Crippen molar-refractivity contribution >= 4 is 23.8 Å². The first kappa shape index (κ1) is 15.5. The van der Waals surface area contributed by atoms with Crippen LogP contribution in [0, 0.1) is 5.92 Å². The maximum atomic E-state index is 12.1. The molecule has 0 aromatic rings. The molecule has 0 bridgehead atoms. The molecule has 1 aliphatic carbocycles. The van der Waals surface area contributed by atoms with Crippen LogP contribution in [0.5, 0.6) is 0 Å². The van der Waals surface area contributed by atoms with Crippen molar-refractivity contribution in [3.63, 3.8) is 0 Å². The third-order valence-corrected chi connectivity index (χ3v) is 5.96. The smallest absolute Gasteiger partial charge is 0.317 e. The summed E-state index contributed by atoms with van der Waals surface area (Å²) in [4.78, 5) is 24.6. The summed E-state index contributed by atoms with van der Waals surface area (Å²) in [5.74, 6) is -0.663. The topological polar surface area (TPSA) is 69.6 Å². The van der Waals surface area contributed by atoms with Gasteiger partial charge in [-0.3, -0.25) is 4.79 Å². The molecule has 6 heteroatoms. The Balaban J connectivity index is 1.76. The van der Waals surface area contributed by atoms with Crippen LogP contribution in [0.4, 0.5) is 4.79 Å². The summed E-state index contributed by atoms with van der Waals surface area (Å²) in [6.45, 7) is 1.98. The molecule has 5 nitrogen and oxygen atoms in total. The van der Waals surface area contributed by atoms with E-state index in [1.165, 1.54) is 25.7 Å². The molecule has 20 heavy (non-hydrogen) atoms. The van der Waals surface area contributed by atoms with Gasteiger partial charge in [0.05, 0.1) is 0 Å². The molecule has 0 aromatic heterocycles. The van der Waals surface area contributed by atoms with Gasteiger partial charge in [-0.25, -0.2) is 4.79 Å². The molecule has 1 atom stereocenters. The van der Waals surface area contributed by atoms with E-state index >= 15 is 0 Å². The highest BCUT2D eigenvalue weighted by molar-refractivity contribution is 8.00. The quantitative estimate of drug-likeness (QED) is 0.816. The third-order valence-electron chi connectivity index (χ3n) is 4.55. The Morgan fingerprint density at radius 1 is 1.40 bits per heavy atom. The first-order chi connectivity index (χ1) is 9.54. The van der Waals surface area contributed by atoms with Gasteiger partial charge >= 0.3 is 12.0 Å². The second-order valence-corrected chi connectivity index (χ2v) is 7.23. The number of carboxylic acid groups (broad SMARTS) is 1. The van der Waals surface area contributed by atoms with E-state index in [1.807, 2.05) is 11.8 Å². The highest BCUT2D eigenvalue weighted by atomic mass is 32.2. The number of aliphatic carboxylic acids is 1. The fourth-order valence-corrected chi connectivity index (χ4v) is 4.17. The lowest BCUT2D eigenvalue weighted by Crippen LogP contribution is -2.44. The Morgan fingerprint density at radius 2 is 2.10 bits per heavy atom. The third kappa shape index (κ3) is 3.81. The zero-order chi connectivity index (χ0) is 14.6. The standard InChI is InChI=1S/C14H24N2O3S/c1-20-14(5-2-3-6-14)10-15-13(19)16-7-4-11(9-16)8-12(17)18/h11H,2-10H2,1H3,(H,15,19)(H,17,18). The lowest BCUT2D eigenvalue weighted by Gasteiger charge is -2.28. The first-order valence-corrected chi connectivity index (χ1v) is 8.57. The number of nitrogens with zero attached hydrogens (tertiary/aromatic N) is 1. The Kier molecular flexibility index (Phi) is 5.18. The Hall–Kier alpha value is -0.910. The SMILES string of the molecule is CSC1(CNC(=O)N2CCC(CC(=O)O)C2)CCCC1. The van der Waals surface area contributed by atoms with Crippen LogP contribution >= 0.6 is 11.8 Å². The van der Waals surface area contributed by atoms with E-state index in [4.69, 9.17) is 5.11 Å². The van der Waals surface area contributed by atoms with Gasteiger partial charge in [0.1, 0.15) is 0 Å². The number of likely N-dealkylation sites (tertiary alicyclic amines) is 1. The molecule has 2 rings (SSSR count). The molecule has 0 spiro atoms. The Labute approximate surface area is 124 Å². The first-order valence-electron chi connectivity index (χ1n) is 7.34. The monoisotopic (exact) mass is 300 g/mol. The van der Waals surface area contributed by atoms with Gasteiger partial charge in [0.25, 0.3) is 0 Å². The van der Waals surface area contributed by atoms with E-state index in [-0.39, 0.29) is 23.1 Å². The number of carbonyl (C=O) groups excluding carboxylic acids is 1. The molecule has 2 N–H and O–H groups in total. The number of carboxylic acids is 1. The average Bonchev–Trinajstić information content (AvgIpc) is 3.05. The molecule has 1 unspecified atom stereocenters. The number of amides is 2. The van der Waals surface area contributed by atoms with E-state index in [2.05, 4.69) is 11.6 Å². The molecule has 2 amide bonds. The summed E-state index contributed by atoms with van der Waals surface area (Å²) < 4.78 is 0.218. The molecular weight excluding hydrogens is 276 g/mol. The van der Waals surface area contributed by atoms with E-state index in [1.54, 1.807) is 4.90 Å². The van der Waals surface area contributed by atoms with Crippen molar-refractivity contribution in [2.45, 2.75) is 43.3 Å². The van der Waals surface area contributed by atoms with Gasteiger partial charge in [0.15, 0.2) is 0 Å². The highest BCUT2D eigenvalue weighted by Crippen LogP contribution is 2.39. The van der Waals surface area contributed by atoms with Crippen molar-refractivity contribution in [2.75, 3.05) is 25.9 Å². The van der Waals surface area contributed by atoms with Crippen molar-refractivity contribution in [1.29, 1.82) is 0 Å². The fourth-order valence-electron chi connectivity index (χ4n) is 3.25. The maximum Gasteiger partial charge on any atom is 0.317 e. The fraction of sp³-hybridized carbons (Fsp3) is 0.857. The predicted molar refractivity (Wildman–Crippen MR) is 80.0 cm³/mol. The molecule has 0 radical (unpaired) electrons. The number of carbonyl (C=O) groups is 2.